The van der Waals surface area contributed by atoms with Gasteiger partial charge in [-0.3, -0.25) is 0 Å². The quantitative estimate of drug-likeness (QED) is 0.341. The number of nitrogens with one attached hydrogen (secondary N) is 2. The first-order valence-electron chi connectivity index (χ1n) is 8.60. The van der Waals surface area contributed by atoms with Gasteiger partial charge in [0.15, 0.2) is 12.6 Å². The lowest BCUT2D eigenvalue weighted by molar-refractivity contribution is -0.154. The van der Waals surface area contributed by atoms with E-state index in [0.29, 0.717) is 24.6 Å². The zero-order valence-corrected chi connectivity index (χ0v) is 17.8. The Morgan fingerprint density at radius 3 is 2.81 bits per heavy atom. The summed E-state index contributed by atoms with van der Waals surface area (Å²) in [5.74, 6) is 0.554. The Bertz CT molecular complexity index is 608. The molecule has 2 heterocycles. The molecular formula is C17H26F3IN4O2. The topological polar surface area (TPSA) is 67.8 Å². The maximum Gasteiger partial charge on any atom is 0.422 e. The van der Waals surface area contributed by atoms with Crippen LogP contribution in [0.4, 0.5) is 13.2 Å². The highest BCUT2D eigenvalue weighted by Crippen LogP contribution is 2.23. The van der Waals surface area contributed by atoms with Gasteiger partial charge in [0.25, 0.3) is 0 Å². The fraction of sp³-hybridized carbons (Fsp3) is 0.647. The van der Waals surface area contributed by atoms with Gasteiger partial charge >= 0.3 is 6.18 Å². The number of rotatable bonds is 7. The average Bonchev–Trinajstić information content (AvgIpc) is 3.02. The molecule has 6 nitrogen and oxygen atoms in total. The van der Waals surface area contributed by atoms with E-state index in [9.17, 15) is 13.2 Å². The number of pyridine rings is 1. The minimum atomic E-state index is -4.39. The lowest BCUT2D eigenvalue weighted by Crippen LogP contribution is -2.45. The summed E-state index contributed by atoms with van der Waals surface area (Å²) in [5.41, 5.74) is 0.503. The predicted octanol–water partition coefficient (Wildman–Crippen LogP) is 3.26. The van der Waals surface area contributed by atoms with Crippen molar-refractivity contribution < 1.29 is 22.6 Å². The molecular weight excluding hydrogens is 476 g/mol. The van der Waals surface area contributed by atoms with E-state index in [1.165, 1.54) is 12.3 Å². The number of hydrogen-bond donors (Lipinski definition) is 2. The van der Waals surface area contributed by atoms with Crippen LogP contribution in [0.2, 0.25) is 0 Å². The molecule has 0 spiro atoms. The van der Waals surface area contributed by atoms with Gasteiger partial charge in [-0.1, -0.05) is 0 Å². The Balaban J connectivity index is 0.00000364. The lowest BCUT2D eigenvalue weighted by Gasteiger charge is -2.24. The highest BCUT2D eigenvalue weighted by atomic mass is 127. The van der Waals surface area contributed by atoms with E-state index in [1.807, 2.05) is 6.92 Å². The highest BCUT2D eigenvalue weighted by molar-refractivity contribution is 14.0. The summed E-state index contributed by atoms with van der Waals surface area (Å²) in [6.07, 6.45) is -0.950. The number of aromatic nitrogens is 1. The number of hydrogen-bond acceptors (Lipinski definition) is 4. The van der Waals surface area contributed by atoms with Crippen LogP contribution < -0.4 is 15.4 Å². The van der Waals surface area contributed by atoms with Crippen LogP contribution in [-0.2, 0) is 11.3 Å². The van der Waals surface area contributed by atoms with Gasteiger partial charge < -0.3 is 20.1 Å². The van der Waals surface area contributed by atoms with E-state index in [1.54, 1.807) is 6.07 Å². The molecule has 2 rings (SSSR count). The molecule has 1 aromatic rings. The summed E-state index contributed by atoms with van der Waals surface area (Å²) in [6.45, 7) is 5.04. The number of halogens is 4. The summed E-state index contributed by atoms with van der Waals surface area (Å²) in [4.78, 5) is 8.24. The third-order valence-corrected chi connectivity index (χ3v) is 3.88. The van der Waals surface area contributed by atoms with Gasteiger partial charge in [0.1, 0.15) is 0 Å². The third kappa shape index (κ3) is 8.96. The zero-order valence-electron chi connectivity index (χ0n) is 15.4. The van der Waals surface area contributed by atoms with E-state index in [-0.39, 0.29) is 42.0 Å². The van der Waals surface area contributed by atoms with E-state index in [4.69, 9.17) is 4.74 Å². The van der Waals surface area contributed by atoms with Crippen molar-refractivity contribution in [2.45, 2.75) is 45.0 Å². The second kappa shape index (κ2) is 10.9. The zero-order chi connectivity index (χ0) is 19.0. The molecule has 0 amide bonds. The molecule has 10 heteroatoms. The second-order valence-electron chi connectivity index (χ2n) is 6.36. The van der Waals surface area contributed by atoms with Crippen LogP contribution in [0.25, 0.3) is 0 Å². The van der Waals surface area contributed by atoms with Crippen LogP contribution in [0.15, 0.2) is 23.3 Å². The SMILES string of the molecule is CCNC(=NCc1ccnc(OCC(F)(F)F)c1)NCC1(C)CCCO1.I. The first kappa shape index (κ1) is 23.7. The van der Waals surface area contributed by atoms with Gasteiger partial charge in [0, 0.05) is 32.0 Å². The number of nitrogens with zero attached hydrogens (tertiary/aromatic N) is 2. The molecule has 1 fully saturated rings. The molecule has 1 unspecified atom stereocenters. The predicted molar refractivity (Wildman–Crippen MR) is 108 cm³/mol. The van der Waals surface area contributed by atoms with Crippen molar-refractivity contribution in [2.24, 2.45) is 4.99 Å². The van der Waals surface area contributed by atoms with Crippen LogP contribution in [0.5, 0.6) is 5.88 Å². The van der Waals surface area contributed by atoms with Crippen LogP contribution in [0, 0.1) is 0 Å². The molecule has 0 aromatic carbocycles. The van der Waals surface area contributed by atoms with E-state index < -0.39 is 12.8 Å². The van der Waals surface area contributed by atoms with Crippen molar-refractivity contribution in [3.05, 3.63) is 23.9 Å². The van der Waals surface area contributed by atoms with Crippen LogP contribution in [-0.4, -0.2) is 49.0 Å². The van der Waals surface area contributed by atoms with Crippen molar-refractivity contribution >= 4 is 29.9 Å². The Hall–Kier alpha value is -1.30. The summed E-state index contributed by atoms with van der Waals surface area (Å²) < 4.78 is 47.1. The molecule has 154 valence electrons. The molecule has 1 atom stereocenters. The van der Waals surface area contributed by atoms with E-state index >= 15 is 0 Å². The molecule has 1 aliphatic rings. The Labute approximate surface area is 174 Å². The number of aliphatic imine (C=N–C) groups is 1. The monoisotopic (exact) mass is 502 g/mol. The summed E-state index contributed by atoms with van der Waals surface area (Å²) in [5, 5.41) is 6.39. The molecule has 1 aromatic heterocycles. The maximum absolute atomic E-state index is 12.2. The third-order valence-electron chi connectivity index (χ3n) is 3.88. The van der Waals surface area contributed by atoms with Crippen molar-refractivity contribution in [3.63, 3.8) is 0 Å². The minimum absolute atomic E-state index is 0. The molecule has 27 heavy (non-hydrogen) atoms. The summed E-state index contributed by atoms with van der Waals surface area (Å²) in [7, 11) is 0. The van der Waals surface area contributed by atoms with Gasteiger partial charge in [-0.25, -0.2) is 9.98 Å². The van der Waals surface area contributed by atoms with Gasteiger partial charge in [-0.15, -0.1) is 24.0 Å². The maximum atomic E-state index is 12.2. The van der Waals surface area contributed by atoms with Crippen molar-refractivity contribution in [3.8, 4) is 5.88 Å². The average molecular weight is 502 g/mol. The smallest absolute Gasteiger partial charge is 0.422 e. The normalized spacial score (nSPS) is 20.1. The fourth-order valence-electron chi connectivity index (χ4n) is 2.54. The second-order valence-corrected chi connectivity index (χ2v) is 6.36. The van der Waals surface area contributed by atoms with Crippen LogP contribution in [0.3, 0.4) is 0 Å². The number of guanidine groups is 1. The lowest BCUT2D eigenvalue weighted by atomic mass is 10.0. The summed E-state index contributed by atoms with van der Waals surface area (Å²) in [6, 6.07) is 3.15. The number of ether oxygens (including phenoxy) is 2. The van der Waals surface area contributed by atoms with Crippen molar-refractivity contribution in [1.82, 2.24) is 15.6 Å². The van der Waals surface area contributed by atoms with Crippen molar-refractivity contribution in [1.29, 1.82) is 0 Å². The van der Waals surface area contributed by atoms with Gasteiger partial charge in [-0.05, 0) is 38.3 Å². The highest BCUT2D eigenvalue weighted by Gasteiger charge is 2.30. The molecule has 2 N–H and O–H groups in total. The standard InChI is InChI=1S/C17H25F3N4O2.HI/c1-3-21-15(24-11-16(2)6-4-8-26-16)23-10-13-5-7-22-14(9-13)25-12-17(18,19)20;/h5,7,9H,3-4,6,8,10-12H2,1-2H3,(H2,21,23,24);1H. The Morgan fingerprint density at radius 1 is 1.41 bits per heavy atom. The molecule has 0 radical (unpaired) electrons. The molecule has 1 aliphatic heterocycles. The largest absolute Gasteiger partial charge is 0.468 e. The van der Waals surface area contributed by atoms with Crippen LogP contribution in [0.1, 0.15) is 32.3 Å². The van der Waals surface area contributed by atoms with Gasteiger partial charge in [-0.2, -0.15) is 13.2 Å². The molecule has 0 aliphatic carbocycles. The Kier molecular flexibility index (Phi) is 9.57. The van der Waals surface area contributed by atoms with E-state index in [2.05, 4.69) is 32.3 Å². The first-order valence-corrected chi connectivity index (χ1v) is 8.60. The number of alkyl halides is 3. The first-order chi connectivity index (χ1) is 12.3. The van der Waals surface area contributed by atoms with Crippen LogP contribution >= 0.6 is 24.0 Å². The molecule has 0 bridgehead atoms. The van der Waals surface area contributed by atoms with Gasteiger partial charge in [0.05, 0.1) is 12.1 Å². The molecule has 0 saturated carbocycles. The van der Waals surface area contributed by atoms with Crippen molar-refractivity contribution in [2.75, 3.05) is 26.3 Å². The fourth-order valence-corrected chi connectivity index (χ4v) is 2.54. The molecule has 1 saturated heterocycles. The van der Waals surface area contributed by atoms with Gasteiger partial charge in [0.2, 0.25) is 5.88 Å². The van der Waals surface area contributed by atoms with E-state index in [0.717, 1.165) is 19.4 Å². The summed E-state index contributed by atoms with van der Waals surface area (Å²) >= 11 is 0. The Morgan fingerprint density at radius 2 is 2.19 bits per heavy atom. The minimum Gasteiger partial charge on any atom is -0.468 e.